The van der Waals surface area contributed by atoms with E-state index < -0.39 is 20.2 Å². The van der Waals surface area contributed by atoms with Crippen LogP contribution in [0.3, 0.4) is 0 Å². The lowest BCUT2D eigenvalue weighted by molar-refractivity contribution is -0.111. The van der Waals surface area contributed by atoms with Gasteiger partial charge in [-0.3, -0.25) is 4.79 Å². The zero-order valence-electron chi connectivity index (χ0n) is 9.12. The zero-order valence-corrected chi connectivity index (χ0v) is 9.93. The molecule has 0 saturated heterocycles. The summed E-state index contributed by atoms with van der Waals surface area (Å²) in [6.45, 7) is 4.58. The average molecular weight is 231 g/mol. The number of rotatable bonds is 3. The van der Waals surface area contributed by atoms with E-state index in [0.717, 1.165) is 18.5 Å². The first-order valence-corrected chi connectivity index (χ1v) is 6.64. The maximum absolute atomic E-state index is 11.5. The van der Waals surface area contributed by atoms with Gasteiger partial charge in [0.1, 0.15) is 0 Å². The van der Waals surface area contributed by atoms with Gasteiger partial charge in [-0.1, -0.05) is 11.6 Å². The molecule has 0 aliphatic carbocycles. The molecule has 0 amide bonds. The second kappa shape index (κ2) is 4.90. The summed E-state index contributed by atoms with van der Waals surface area (Å²) in [5.41, 5.74) is 0.885. The first-order valence-electron chi connectivity index (χ1n) is 5.10. The molecule has 0 aromatic heterocycles. The monoisotopic (exact) mass is 231 g/mol. The fourth-order valence-electron chi connectivity index (χ4n) is 1.38. The van der Waals surface area contributed by atoms with Crippen LogP contribution in [0.15, 0.2) is 11.6 Å². The lowest BCUT2D eigenvalue weighted by Gasteiger charge is -2.14. The zero-order chi connectivity index (χ0) is 11.5. The lowest BCUT2D eigenvalue weighted by Crippen LogP contribution is -2.28. The van der Waals surface area contributed by atoms with Crippen LogP contribution < -0.4 is 5.32 Å². The summed E-state index contributed by atoms with van der Waals surface area (Å²) in [6, 6.07) is 0. The highest BCUT2D eigenvalue weighted by atomic mass is 32.2. The van der Waals surface area contributed by atoms with Gasteiger partial charge in [0.05, 0.1) is 5.25 Å². The Morgan fingerprint density at radius 3 is 2.67 bits per heavy atom. The predicted octanol–water partition coefficient (Wildman–Crippen LogP) is 0.646. The van der Waals surface area contributed by atoms with Gasteiger partial charge in [0.25, 0.3) is 5.12 Å². The molecule has 5 heteroatoms. The van der Waals surface area contributed by atoms with Gasteiger partial charge < -0.3 is 5.32 Å². The molecule has 1 aliphatic rings. The molecule has 0 radical (unpaired) electrons. The van der Waals surface area contributed by atoms with Crippen molar-refractivity contribution in [3.63, 3.8) is 0 Å². The highest BCUT2D eigenvalue weighted by Gasteiger charge is 2.26. The molecule has 4 nitrogen and oxygen atoms in total. The van der Waals surface area contributed by atoms with Crippen molar-refractivity contribution in [3.05, 3.63) is 11.6 Å². The molecule has 1 N–H and O–H groups in total. The highest BCUT2D eigenvalue weighted by Crippen LogP contribution is 2.12. The Hall–Kier alpha value is -0.680. The van der Waals surface area contributed by atoms with Crippen LogP contribution in [-0.2, 0) is 14.6 Å². The molecule has 0 bridgehead atoms. The van der Waals surface area contributed by atoms with Gasteiger partial charge >= 0.3 is 0 Å². The Labute approximate surface area is 90.7 Å². The van der Waals surface area contributed by atoms with E-state index in [9.17, 15) is 13.2 Å². The first-order chi connectivity index (χ1) is 6.94. The van der Waals surface area contributed by atoms with E-state index in [1.54, 1.807) is 0 Å². The third-order valence-corrected chi connectivity index (χ3v) is 4.44. The third kappa shape index (κ3) is 3.14. The van der Waals surface area contributed by atoms with Gasteiger partial charge in [0.2, 0.25) is 9.84 Å². The van der Waals surface area contributed by atoms with Crippen molar-refractivity contribution in [2.45, 2.75) is 31.9 Å². The maximum atomic E-state index is 11.5. The van der Waals surface area contributed by atoms with Crippen molar-refractivity contribution in [2.75, 3.05) is 13.1 Å². The van der Waals surface area contributed by atoms with Gasteiger partial charge in [0.15, 0.2) is 0 Å². The Bertz CT molecular complexity index is 368. The Kier molecular flexibility index (Phi) is 4.04. The topological polar surface area (TPSA) is 63.2 Å². The van der Waals surface area contributed by atoms with E-state index in [2.05, 4.69) is 5.32 Å². The summed E-state index contributed by atoms with van der Waals surface area (Å²) >= 11 is 0. The quantitative estimate of drug-likeness (QED) is 0.724. The third-order valence-electron chi connectivity index (χ3n) is 2.42. The van der Waals surface area contributed by atoms with Crippen molar-refractivity contribution in [3.8, 4) is 0 Å². The van der Waals surface area contributed by atoms with Crippen LogP contribution in [0.2, 0.25) is 0 Å². The van der Waals surface area contributed by atoms with Crippen molar-refractivity contribution >= 4 is 15.0 Å². The minimum atomic E-state index is -3.58. The molecule has 0 aromatic rings. The van der Waals surface area contributed by atoms with Crippen LogP contribution in [0.5, 0.6) is 0 Å². The van der Waals surface area contributed by atoms with Crippen LogP contribution in [0.4, 0.5) is 0 Å². The van der Waals surface area contributed by atoms with E-state index in [1.165, 1.54) is 13.8 Å². The summed E-state index contributed by atoms with van der Waals surface area (Å²) in [4.78, 5) is 11.5. The summed E-state index contributed by atoms with van der Waals surface area (Å²) in [6.07, 6.45) is 2.85. The minimum Gasteiger partial charge on any atom is -0.313 e. The Morgan fingerprint density at radius 2 is 2.20 bits per heavy atom. The van der Waals surface area contributed by atoms with Crippen molar-refractivity contribution in [2.24, 2.45) is 0 Å². The summed E-state index contributed by atoms with van der Waals surface area (Å²) in [5.74, 6) is 0. The van der Waals surface area contributed by atoms with Gasteiger partial charge in [-0.15, -0.1) is 0 Å². The van der Waals surface area contributed by atoms with Crippen LogP contribution in [-0.4, -0.2) is 31.9 Å². The Balaban J connectivity index is 2.67. The van der Waals surface area contributed by atoms with Crippen molar-refractivity contribution < 1.29 is 13.2 Å². The number of nitrogens with one attached hydrogen (secondary N) is 1. The number of sulfone groups is 1. The van der Waals surface area contributed by atoms with Gasteiger partial charge in [-0.2, -0.15) is 0 Å². The van der Waals surface area contributed by atoms with Crippen LogP contribution >= 0.6 is 0 Å². The molecule has 0 atom stereocenters. The Morgan fingerprint density at radius 1 is 1.53 bits per heavy atom. The van der Waals surface area contributed by atoms with Crippen molar-refractivity contribution in [1.82, 2.24) is 5.32 Å². The van der Waals surface area contributed by atoms with Crippen LogP contribution in [0.1, 0.15) is 26.7 Å². The van der Waals surface area contributed by atoms with Gasteiger partial charge in [-0.05, 0) is 26.8 Å². The molecule has 0 fully saturated rings. The molecule has 0 aromatic carbocycles. The molecule has 0 spiro atoms. The number of hydrogen-bond donors (Lipinski definition) is 1. The molecule has 0 unspecified atom stereocenters. The molecular formula is C10H17NO3S. The summed E-state index contributed by atoms with van der Waals surface area (Å²) < 4.78 is 23.0. The minimum absolute atomic E-state index is 0.0352. The lowest BCUT2D eigenvalue weighted by atomic mass is 10.1. The predicted molar refractivity (Wildman–Crippen MR) is 59.2 cm³/mol. The molecule has 1 aliphatic heterocycles. The van der Waals surface area contributed by atoms with Gasteiger partial charge in [0, 0.05) is 13.0 Å². The van der Waals surface area contributed by atoms with Crippen LogP contribution in [0.25, 0.3) is 0 Å². The van der Waals surface area contributed by atoms with E-state index in [-0.39, 0.29) is 6.42 Å². The fourth-order valence-corrected chi connectivity index (χ4v) is 2.30. The molecular weight excluding hydrogens is 214 g/mol. The summed E-state index contributed by atoms with van der Waals surface area (Å²) in [7, 11) is -3.58. The number of carbonyl (C=O) groups is 1. The normalized spacial score (nSPS) is 17.7. The average Bonchev–Trinajstić information content (AvgIpc) is 2.18. The highest BCUT2D eigenvalue weighted by molar-refractivity contribution is 8.06. The van der Waals surface area contributed by atoms with E-state index in [0.29, 0.717) is 6.54 Å². The molecule has 0 saturated carbocycles. The molecule has 86 valence electrons. The second-order valence-corrected chi connectivity index (χ2v) is 6.46. The standard InChI is InChI=1S/C10H17NO3S/c1-8(2)15(13,14)10(12)6-9-4-3-5-11-7-9/h4,8,11H,3,5-7H2,1-2H3. The molecule has 1 heterocycles. The number of hydrogen-bond acceptors (Lipinski definition) is 4. The number of carbonyl (C=O) groups excluding carboxylic acids is 1. The largest absolute Gasteiger partial charge is 0.313 e. The molecule has 15 heavy (non-hydrogen) atoms. The smallest absolute Gasteiger partial charge is 0.250 e. The SMILES string of the molecule is CC(C)S(=O)(=O)C(=O)CC1=CCCNC1. The van der Waals surface area contributed by atoms with E-state index in [4.69, 9.17) is 0 Å². The van der Waals surface area contributed by atoms with E-state index in [1.807, 2.05) is 6.08 Å². The molecule has 1 rings (SSSR count). The van der Waals surface area contributed by atoms with Crippen molar-refractivity contribution in [1.29, 1.82) is 0 Å². The maximum Gasteiger partial charge on any atom is 0.250 e. The van der Waals surface area contributed by atoms with E-state index >= 15 is 0 Å². The first kappa shape index (κ1) is 12.4. The van der Waals surface area contributed by atoms with Crippen LogP contribution in [0, 0.1) is 0 Å². The fraction of sp³-hybridized carbons (Fsp3) is 0.700. The summed E-state index contributed by atoms with van der Waals surface area (Å²) in [5, 5.41) is 1.82. The second-order valence-electron chi connectivity index (χ2n) is 3.97. The van der Waals surface area contributed by atoms with Gasteiger partial charge in [-0.25, -0.2) is 8.42 Å².